The second kappa shape index (κ2) is 4.29. The first-order valence-corrected chi connectivity index (χ1v) is 5.78. The quantitative estimate of drug-likeness (QED) is 0.454. The van der Waals surface area contributed by atoms with Gasteiger partial charge in [-0.3, -0.25) is 9.05 Å². The van der Waals surface area contributed by atoms with E-state index < -0.39 is 19.0 Å². The van der Waals surface area contributed by atoms with Gasteiger partial charge in [-0.1, -0.05) is 0 Å². The Balaban J connectivity index is 4.59. The molecule has 0 heterocycles. The van der Waals surface area contributed by atoms with Crippen LogP contribution in [0.25, 0.3) is 0 Å². The van der Waals surface area contributed by atoms with Gasteiger partial charge in [0.1, 0.15) is 0 Å². The summed E-state index contributed by atoms with van der Waals surface area (Å²) < 4.78 is 25.5. The molecule has 86 valence electrons. The molecule has 0 bridgehead atoms. The second-order valence-corrected chi connectivity index (χ2v) is 6.36. The first-order chi connectivity index (χ1) is 5.97. The van der Waals surface area contributed by atoms with E-state index in [2.05, 4.69) is 4.67 Å². The maximum atomic E-state index is 11.7. The summed E-state index contributed by atoms with van der Waals surface area (Å²) in [6.07, 6.45) is 0. The molecular formula is C8H19O5P. The average Bonchev–Trinajstić information content (AvgIpc) is 1.78. The molecule has 0 rings (SSSR count). The van der Waals surface area contributed by atoms with E-state index in [1.165, 1.54) is 0 Å². The van der Waals surface area contributed by atoms with Gasteiger partial charge in [0.25, 0.3) is 0 Å². The Morgan fingerprint density at radius 2 is 1.21 bits per heavy atom. The molecule has 0 unspecified atom stereocenters. The fraction of sp³-hybridized carbons (Fsp3) is 1.00. The molecule has 0 spiro atoms. The van der Waals surface area contributed by atoms with Crippen LogP contribution >= 0.6 is 7.82 Å². The van der Waals surface area contributed by atoms with Crippen molar-refractivity contribution >= 4 is 7.82 Å². The van der Waals surface area contributed by atoms with Gasteiger partial charge in [0.15, 0.2) is 0 Å². The first-order valence-electron chi connectivity index (χ1n) is 4.32. The van der Waals surface area contributed by atoms with Crippen LogP contribution in [0.15, 0.2) is 0 Å². The van der Waals surface area contributed by atoms with E-state index in [-0.39, 0.29) is 0 Å². The highest BCUT2D eigenvalue weighted by Crippen LogP contribution is 2.54. The molecule has 0 aromatic rings. The zero-order valence-electron chi connectivity index (χ0n) is 9.53. The van der Waals surface area contributed by atoms with Gasteiger partial charge in [0, 0.05) is 0 Å². The minimum atomic E-state index is -3.89. The summed E-state index contributed by atoms with van der Waals surface area (Å²) in [6, 6.07) is 0. The third-order valence-electron chi connectivity index (χ3n) is 0.871. The lowest BCUT2D eigenvalue weighted by Crippen LogP contribution is -2.24. The van der Waals surface area contributed by atoms with E-state index in [4.69, 9.17) is 14.3 Å². The Morgan fingerprint density at radius 1 is 0.929 bits per heavy atom. The van der Waals surface area contributed by atoms with Crippen molar-refractivity contribution in [1.82, 2.24) is 0 Å². The lowest BCUT2D eigenvalue weighted by molar-refractivity contribution is -0.180. The monoisotopic (exact) mass is 226 g/mol. The van der Waals surface area contributed by atoms with Crippen LogP contribution in [0.2, 0.25) is 0 Å². The van der Waals surface area contributed by atoms with Crippen LogP contribution in [0.1, 0.15) is 41.5 Å². The van der Waals surface area contributed by atoms with E-state index in [9.17, 15) is 4.57 Å². The van der Waals surface area contributed by atoms with Crippen molar-refractivity contribution in [3.05, 3.63) is 0 Å². The van der Waals surface area contributed by atoms with Gasteiger partial charge in [-0.2, -0.15) is 0 Å². The molecule has 0 aromatic carbocycles. The highest BCUT2D eigenvalue weighted by Gasteiger charge is 2.37. The van der Waals surface area contributed by atoms with Crippen molar-refractivity contribution in [3.8, 4) is 0 Å². The van der Waals surface area contributed by atoms with Crippen molar-refractivity contribution in [1.29, 1.82) is 0 Å². The fourth-order valence-corrected chi connectivity index (χ4v) is 2.17. The van der Waals surface area contributed by atoms with Crippen LogP contribution in [0.3, 0.4) is 0 Å². The van der Waals surface area contributed by atoms with Crippen molar-refractivity contribution < 1.29 is 23.5 Å². The van der Waals surface area contributed by atoms with E-state index in [0.717, 1.165) is 0 Å². The summed E-state index contributed by atoms with van der Waals surface area (Å²) in [4.78, 5) is 0. The van der Waals surface area contributed by atoms with E-state index >= 15 is 0 Å². The summed E-state index contributed by atoms with van der Waals surface area (Å²) in [5.41, 5.74) is -1.44. The number of phosphoric ester groups is 1. The molecule has 0 fully saturated rings. The van der Waals surface area contributed by atoms with Gasteiger partial charge in [-0.25, -0.2) is 9.82 Å². The minimum absolute atomic E-state index is 0.719. The topological polar surface area (TPSA) is 65.0 Å². The summed E-state index contributed by atoms with van der Waals surface area (Å²) in [6.45, 7) is 10.1. The van der Waals surface area contributed by atoms with E-state index in [1.807, 2.05) is 0 Å². The number of rotatable bonds is 3. The summed E-state index contributed by atoms with van der Waals surface area (Å²) in [5, 5.41) is 8.50. The van der Waals surface area contributed by atoms with Crippen LogP contribution in [-0.2, 0) is 18.3 Å². The van der Waals surface area contributed by atoms with E-state index in [0.29, 0.717) is 0 Å². The first kappa shape index (κ1) is 14.1. The van der Waals surface area contributed by atoms with Gasteiger partial charge < -0.3 is 0 Å². The molecule has 0 amide bonds. The highest BCUT2D eigenvalue weighted by molar-refractivity contribution is 7.48. The van der Waals surface area contributed by atoms with Gasteiger partial charge in [-0.15, -0.1) is 4.67 Å². The average molecular weight is 226 g/mol. The lowest BCUT2D eigenvalue weighted by Gasteiger charge is -2.28. The Hall–Kier alpha value is 0.0700. The Kier molecular flexibility index (Phi) is 4.31. The Labute approximate surface area is 84.9 Å². The minimum Gasteiger partial charge on any atom is -0.279 e. The predicted molar refractivity (Wildman–Crippen MR) is 53.0 cm³/mol. The molecule has 14 heavy (non-hydrogen) atoms. The third kappa shape index (κ3) is 6.51. The summed E-state index contributed by atoms with van der Waals surface area (Å²) in [7, 11) is -3.89. The van der Waals surface area contributed by atoms with Gasteiger partial charge in [0.05, 0.1) is 11.2 Å². The molecule has 5 nitrogen and oxygen atoms in total. The lowest BCUT2D eigenvalue weighted by atomic mass is 10.2. The summed E-state index contributed by atoms with van der Waals surface area (Å²) in [5.74, 6) is 0. The van der Waals surface area contributed by atoms with Crippen LogP contribution < -0.4 is 0 Å². The van der Waals surface area contributed by atoms with Gasteiger partial charge >= 0.3 is 7.82 Å². The largest absolute Gasteiger partial charge is 0.502 e. The zero-order chi connectivity index (χ0) is 11.6. The molecule has 1 N–H and O–H groups in total. The maximum absolute atomic E-state index is 11.7. The van der Waals surface area contributed by atoms with Crippen molar-refractivity contribution in [2.45, 2.75) is 52.7 Å². The normalized spacial score (nSPS) is 14.5. The smallest absolute Gasteiger partial charge is 0.279 e. The van der Waals surface area contributed by atoms with Crippen LogP contribution in [-0.4, -0.2) is 16.5 Å². The van der Waals surface area contributed by atoms with Crippen molar-refractivity contribution in [2.75, 3.05) is 0 Å². The van der Waals surface area contributed by atoms with Gasteiger partial charge in [-0.05, 0) is 41.5 Å². The molecule has 0 saturated heterocycles. The number of hydrogen-bond acceptors (Lipinski definition) is 5. The predicted octanol–water partition coefficient (Wildman–Crippen LogP) is 3.21. The van der Waals surface area contributed by atoms with E-state index in [1.54, 1.807) is 41.5 Å². The molecule has 0 aliphatic rings. The Morgan fingerprint density at radius 3 is 1.36 bits per heavy atom. The summed E-state index contributed by atoms with van der Waals surface area (Å²) >= 11 is 0. The maximum Gasteiger partial charge on any atom is 0.502 e. The third-order valence-corrected chi connectivity index (χ3v) is 2.61. The van der Waals surface area contributed by atoms with Crippen LogP contribution in [0.4, 0.5) is 0 Å². The molecule has 0 radical (unpaired) electrons. The van der Waals surface area contributed by atoms with Crippen LogP contribution in [0, 0.1) is 0 Å². The molecular weight excluding hydrogens is 207 g/mol. The van der Waals surface area contributed by atoms with Crippen LogP contribution in [0.5, 0.6) is 0 Å². The zero-order valence-corrected chi connectivity index (χ0v) is 10.4. The molecule has 0 atom stereocenters. The highest BCUT2D eigenvalue weighted by atomic mass is 31.2. The number of phosphoric acid groups is 1. The fourth-order valence-electron chi connectivity index (χ4n) is 0.723. The van der Waals surface area contributed by atoms with Crippen molar-refractivity contribution in [2.24, 2.45) is 0 Å². The second-order valence-electron chi connectivity index (χ2n) is 4.94. The standard InChI is InChI=1S/C8H19O5P/c1-7(2,3)11-14(10,13-9)12-8(4,5)6/h9H,1-6H3. The molecule has 0 aliphatic carbocycles. The molecule has 0 saturated carbocycles. The van der Waals surface area contributed by atoms with Gasteiger partial charge in [0.2, 0.25) is 0 Å². The molecule has 0 aliphatic heterocycles. The molecule has 0 aromatic heterocycles. The van der Waals surface area contributed by atoms with Crippen molar-refractivity contribution in [3.63, 3.8) is 0 Å². The Bertz CT molecular complexity index is 205. The number of hydrogen-bond donors (Lipinski definition) is 1. The SMILES string of the molecule is CC(C)(C)OP(=O)(OO)OC(C)(C)C. The molecule has 6 heteroatoms.